The van der Waals surface area contributed by atoms with Gasteiger partial charge >= 0.3 is 0 Å². The molecule has 1 atom stereocenters. The second-order valence-corrected chi connectivity index (χ2v) is 4.23. The van der Waals surface area contributed by atoms with Crippen LogP contribution in [0.4, 0.5) is 8.78 Å². The smallest absolute Gasteiger partial charge is 0.251 e. The van der Waals surface area contributed by atoms with Gasteiger partial charge in [0.2, 0.25) is 0 Å². The van der Waals surface area contributed by atoms with E-state index < -0.39 is 5.92 Å². The van der Waals surface area contributed by atoms with E-state index in [1.165, 1.54) is 0 Å². The molecule has 0 aliphatic carbocycles. The first-order valence-electron chi connectivity index (χ1n) is 5.25. The van der Waals surface area contributed by atoms with Crippen molar-refractivity contribution in [3.63, 3.8) is 0 Å². The molecule has 1 aromatic rings. The van der Waals surface area contributed by atoms with Gasteiger partial charge in [-0.25, -0.2) is 8.78 Å². The minimum atomic E-state index is -2.51. The van der Waals surface area contributed by atoms with E-state index in [2.05, 4.69) is 5.32 Å². The number of hydrogen-bond acceptors (Lipinski definition) is 1. The fourth-order valence-corrected chi connectivity index (χ4v) is 2.02. The minimum Gasteiger partial charge on any atom is -0.310 e. The molecule has 0 radical (unpaired) electrons. The normalized spacial score (nSPS) is 25.1. The molecule has 0 bridgehead atoms. The average molecular weight is 211 g/mol. The second-order valence-electron chi connectivity index (χ2n) is 4.23. The van der Waals surface area contributed by atoms with Crippen molar-refractivity contribution in [2.24, 2.45) is 0 Å². The van der Waals surface area contributed by atoms with Gasteiger partial charge in [0.15, 0.2) is 0 Å². The lowest BCUT2D eigenvalue weighted by Gasteiger charge is -2.30. The van der Waals surface area contributed by atoms with Crippen LogP contribution in [0.2, 0.25) is 0 Å². The Morgan fingerprint density at radius 2 is 2.20 bits per heavy atom. The third kappa shape index (κ3) is 2.53. The fraction of sp³-hybridized carbons (Fsp3) is 0.500. The van der Waals surface area contributed by atoms with Crippen LogP contribution in [0.15, 0.2) is 24.3 Å². The molecule has 1 fully saturated rings. The number of benzene rings is 1. The third-order valence-electron chi connectivity index (χ3n) is 2.83. The standard InChI is InChI=1S/C12H15F2N/c1-9-3-2-4-10(7-9)11-8-12(13,14)5-6-15-11/h2-4,7,11,15H,5-6,8H2,1H3. The third-order valence-corrected chi connectivity index (χ3v) is 2.83. The van der Waals surface area contributed by atoms with Gasteiger partial charge in [-0.2, -0.15) is 0 Å². The Morgan fingerprint density at radius 1 is 1.40 bits per heavy atom. The summed E-state index contributed by atoms with van der Waals surface area (Å²) in [6, 6.07) is 7.57. The molecule has 1 nitrogen and oxygen atoms in total. The summed E-state index contributed by atoms with van der Waals surface area (Å²) in [7, 11) is 0. The molecule has 15 heavy (non-hydrogen) atoms. The molecule has 0 aromatic heterocycles. The Bertz CT molecular complexity index is 349. The monoisotopic (exact) mass is 211 g/mol. The zero-order valence-corrected chi connectivity index (χ0v) is 8.76. The lowest BCUT2D eigenvalue weighted by molar-refractivity contribution is -0.0415. The van der Waals surface area contributed by atoms with Gasteiger partial charge in [0.05, 0.1) is 0 Å². The molecule has 1 aromatic carbocycles. The molecule has 82 valence electrons. The molecule has 3 heteroatoms. The van der Waals surface area contributed by atoms with Gasteiger partial charge in [-0.05, 0) is 12.5 Å². The molecular weight excluding hydrogens is 196 g/mol. The van der Waals surface area contributed by atoms with Gasteiger partial charge in [0.1, 0.15) is 0 Å². The first-order chi connectivity index (χ1) is 7.07. The number of alkyl halides is 2. The minimum absolute atomic E-state index is 0.0463. The van der Waals surface area contributed by atoms with E-state index in [-0.39, 0.29) is 18.9 Å². The molecule has 1 aliphatic heterocycles. The molecule has 0 spiro atoms. The summed E-state index contributed by atoms with van der Waals surface area (Å²) in [6.07, 6.45) is -0.133. The van der Waals surface area contributed by atoms with Crippen molar-refractivity contribution in [2.75, 3.05) is 6.54 Å². The van der Waals surface area contributed by atoms with Gasteiger partial charge < -0.3 is 5.32 Å². The lowest BCUT2D eigenvalue weighted by atomic mass is 9.94. The van der Waals surface area contributed by atoms with Gasteiger partial charge in [0, 0.05) is 25.4 Å². The number of aryl methyl sites for hydroxylation is 1. The summed E-state index contributed by atoms with van der Waals surface area (Å²) >= 11 is 0. The van der Waals surface area contributed by atoms with E-state index in [9.17, 15) is 8.78 Å². The zero-order chi connectivity index (χ0) is 10.9. The number of hydrogen-bond donors (Lipinski definition) is 1. The molecule has 0 saturated carbocycles. The van der Waals surface area contributed by atoms with Gasteiger partial charge in [-0.15, -0.1) is 0 Å². The van der Waals surface area contributed by atoms with Crippen molar-refractivity contribution >= 4 is 0 Å². The Morgan fingerprint density at radius 3 is 2.87 bits per heavy atom. The quantitative estimate of drug-likeness (QED) is 0.752. The van der Waals surface area contributed by atoms with Crippen LogP contribution in [0, 0.1) is 6.92 Å². The zero-order valence-electron chi connectivity index (χ0n) is 8.76. The van der Waals surface area contributed by atoms with Crippen molar-refractivity contribution in [3.8, 4) is 0 Å². The number of piperidine rings is 1. The van der Waals surface area contributed by atoms with Gasteiger partial charge in [-0.3, -0.25) is 0 Å². The Balaban J connectivity index is 2.17. The first kappa shape index (κ1) is 10.6. The molecular formula is C12H15F2N. The first-order valence-corrected chi connectivity index (χ1v) is 5.25. The van der Waals surface area contributed by atoms with E-state index in [1.54, 1.807) is 0 Å². The van der Waals surface area contributed by atoms with Gasteiger partial charge in [-0.1, -0.05) is 29.8 Å². The molecule has 1 saturated heterocycles. The number of rotatable bonds is 1. The van der Waals surface area contributed by atoms with Crippen LogP contribution in [0.1, 0.15) is 30.0 Å². The highest BCUT2D eigenvalue weighted by Gasteiger charge is 2.36. The summed E-state index contributed by atoms with van der Waals surface area (Å²) in [5.41, 5.74) is 2.08. The Hall–Kier alpha value is -0.960. The van der Waals surface area contributed by atoms with Crippen molar-refractivity contribution < 1.29 is 8.78 Å². The predicted molar refractivity (Wildman–Crippen MR) is 56.1 cm³/mol. The van der Waals surface area contributed by atoms with Crippen LogP contribution in [-0.4, -0.2) is 12.5 Å². The largest absolute Gasteiger partial charge is 0.310 e. The molecule has 0 amide bonds. The van der Waals surface area contributed by atoms with Crippen LogP contribution in [0.25, 0.3) is 0 Å². The summed E-state index contributed by atoms with van der Waals surface area (Å²) in [5, 5.41) is 3.14. The van der Waals surface area contributed by atoms with Crippen LogP contribution >= 0.6 is 0 Å². The highest BCUT2D eigenvalue weighted by molar-refractivity contribution is 5.25. The van der Waals surface area contributed by atoms with E-state index >= 15 is 0 Å². The van der Waals surface area contributed by atoms with Crippen molar-refractivity contribution in [2.45, 2.75) is 31.7 Å². The average Bonchev–Trinajstić information content (AvgIpc) is 2.16. The summed E-state index contributed by atoms with van der Waals surface area (Å²) in [6.45, 7) is 2.37. The highest BCUT2D eigenvalue weighted by atomic mass is 19.3. The topological polar surface area (TPSA) is 12.0 Å². The van der Waals surface area contributed by atoms with Crippen molar-refractivity contribution in [3.05, 3.63) is 35.4 Å². The lowest BCUT2D eigenvalue weighted by Crippen LogP contribution is -2.38. The summed E-state index contributed by atoms with van der Waals surface area (Å²) < 4.78 is 26.4. The maximum absolute atomic E-state index is 13.2. The van der Waals surface area contributed by atoms with Crippen molar-refractivity contribution in [1.82, 2.24) is 5.32 Å². The number of halogens is 2. The van der Waals surface area contributed by atoms with E-state index in [0.717, 1.165) is 11.1 Å². The second kappa shape index (κ2) is 3.89. The maximum Gasteiger partial charge on any atom is 0.251 e. The SMILES string of the molecule is Cc1cccc(C2CC(F)(F)CCN2)c1. The predicted octanol–water partition coefficient (Wildman–Crippen LogP) is 3.05. The van der Waals surface area contributed by atoms with Crippen LogP contribution in [0.3, 0.4) is 0 Å². The van der Waals surface area contributed by atoms with E-state index in [0.29, 0.717) is 6.54 Å². The van der Waals surface area contributed by atoms with Crippen LogP contribution in [0.5, 0.6) is 0 Å². The molecule has 1 aliphatic rings. The Labute approximate surface area is 88.5 Å². The number of nitrogens with one attached hydrogen (secondary N) is 1. The highest BCUT2D eigenvalue weighted by Crippen LogP contribution is 2.34. The van der Waals surface area contributed by atoms with E-state index in [1.807, 2.05) is 31.2 Å². The molecule has 2 rings (SSSR count). The Kier molecular flexibility index (Phi) is 2.74. The van der Waals surface area contributed by atoms with Crippen molar-refractivity contribution in [1.29, 1.82) is 0 Å². The molecule has 1 unspecified atom stereocenters. The molecule has 1 N–H and O–H groups in total. The fourth-order valence-electron chi connectivity index (χ4n) is 2.02. The van der Waals surface area contributed by atoms with Gasteiger partial charge in [0.25, 0.3) is 5.92 Å². The van der Waals surface area contributed by atoms with Crippen LogP contribution < -0.4 is 5.32 Å². The summed E-state index contributed by atoms with van der Waals surface area (Å²) in [5.74, 6) is -2.51. The summed E-state index contributed by atoms with van der Waals surface area (Å²) in [4.78, 5) is 0. The van der Waals surface area contributed by atoms with Crippen LogP contribution in [-0.2, 0) is 0 Å². The van der Waals surface area contributed by atoms with E-state index in [4.69, 9.17) is 0 Å². The molecule has 1 heterocycles. The maximum atomic E-state index is 13.2.